The molecule has 1 fully saturated rings. The molecule has 154 valence electrons. The molecule has 0 aromatic heterocycles. The number of amides is 2. The Balaban J connectivity index is 1.53. The van der Waals surface area contributed by atoms with Crippen LogP contribution in [0, 0.1) is 19.8 Å². The third kappa shape index (κ3) is 6.10. The summed E-state index contributed by atoms with van der Waals surface area (Å²) in [5.74, 6) is 0.259. The van der Waals surface area contributed by atoms with Crippen molar-refractivity contribution in [2.45, 2.75) is 63.0 Å². The summed E-state index contributed by atoms with van der Waals surface area (Å²) in [5, 5.41) is 5.82. The van der Waals surface area contributed by atoms with Crippen LogP contribution in [0.5, 0.6) is 0 Å². The summed E-state index contributed by atoms with van der Waals surface area (Å²) in [4.78, 5) is 25.9. The second-order valence-corrected chi connectivity index (χ2v) is 9.33. The van der Waals surface area contributed by atoms with Crippen LogP contribution < -0.4 is 10.6 Å². The summed E-state index contributed by atoms with van der Waals surface area (Å²) in [6.07, 6.45) is 5.52. The Morgan fingerprint density at radius 2 is 1.66 bits per heavy atom. The Kier molecular flexibility index (Phi) is 7.37. The fraction of sp³-hybridized carbons (Fsp3) is 0.417. The molecule has 0 spiro atoms. The van der Waals surface area contributed by atoms with Gasteiger partial charge in [-0.2, -0.15) is 0 Å². The molecular weight excluding hydrogens is 380 g/mol. The third-order valence-electron chi connectivity index (χ3n) is 5.42. The van der Waals surface area contributed by atoms with Gasteiger partial charge in [-0.15, -0.1) is 11.8 Å². The summed E-state index contributed by atoms with van der Waals surface area (Å²) >= 11 is 1.51. The maximum absolute atomic E-state index is 12.6. The monoisotopic (exact) mass is 410 g/mol. The van der Waals surface area contributed by atoms with Crippen LogP contribution in [-0.4, -0.2) is 17.1 Å². The zero-order valence-corrected chi connectivity index (χ0v) is 18.3. The highest BCUT2D eigenvalue weighted by Crippen LogP contribution is 2.28. The molecule has 0 aliphatic heterocycles. The highest BCUT2D eigenvalue weighted by molar-refractivity contribution is 8.00. The number of aryl methyl sites for hydroxylation is 2. The van der Waals surface area contributed by atoms with Gasteiger partial charge in [0.25, 0.3) is 0 Å². The van der Waals surface area contributed by atoms with Gasteiger partial charge in [-0.1, -0.05) is 37.0 Å². The van der Waals surface area contributed by atoms with Crippen LogP contribution in [0.4, 0.5) is 11.4 Å². The van der Waals surface area contributed by atoms with E-state index in [0.717, 1.165) is 47.5 Å². The van der Waals surface area contributed by atoms with E-state index in [1.54, 1.807) is 0 Å². The first kappa shape index (κ1) is 21.4. The standard InChI is InChI=1S/C24H30N2O2S/c1-16-9-14-22(17(2)15-16)26-23(27)18(3)29-21-12-10-20(11-13-21)25-24(28)19-7-5-4-6-8-19/h9-15,18-19H,4-8H2,1-3H3,(H,25,28)(H,26,27). The van der Waals surface area contributed by atoms with E-state index in [2.05, 4.69) is 16.7 Å². The van der Waals surface area contributed by atoms with E-state index in [1.807, 2.05) is 57.2 Å². The molecule has 0 heterocycles. The lowest BCUT2D eigenvalue weighted by molar-refractivity contribution is -0.120. The van der Waals surface area contributed by atoms with Gasteiger partial charge in [-0.05, 0) is 69.5 Å². The van der Waals surface area contributed by atoms with Crippen molar-refractivity contribution in [3.05, 3.63) is 53.6 Å². The molecule has 1 unspecified atom stereocenters. The number of rotatable bonds is 6. The maximum Gasteiger partial charge on any atom is 0.237 e. The lowest BCUT2D eigenvalue weighted by atomic mass is 9.88. The molecule has 5 heteroatoms. The molecule has 2 N–H and O–H groups in total. The van der Waals surface area contributed by atoms with E-state index in [1.165, 1.54) is 23.7 Å². The molecule has 2 aromatic rings. The summed E-state index contributed by atoms with van der Waals surface area (Å²) in [6, 6.07) is 13.8. The number of nitrogens with one attached hydrogen (secondary N) is 2. The van der Waals surface area contributed by atoms with Crippen molar-refractivity contribution in [1.82, 2.24) is 0 Å². The van der Waals surface area contributed by atoms with Crippen molar-refractivity contribution < 1.29 is 9.59 Å². The normalized spacial score (nSPS) is 15.6. The largest absolute Gasteiger partial charge is 0.326 e. The van der Waals surface area contributed by atoms with E-state index < -0.39 is 0 Å². The lowest BCUT2D eigenvalue weighted by Crippen LogP contribution is -2.24. The molecule has 0 bridgehead atoms. The Morgan fingerprint density at radius 3 is 2.31 bits per heavy atom. The average Bonchev–Trinajstić information content (AvgIpc) is 2.72. The molecule has 1 atom stereocenters. The SMILES string of the molecule is Cc1ccc(NC(=O)C(C)Sc2ccc(NC(=O)C3CCCCC3)cc2)c(C)c1. The Morgan fingerprint density at radius 1 is 0.966 bits per heavy atom. The van der Waals surface area contributed by atoms with Gasteiger partial charge in [0.05, 0.1) is 5.25 Å². The maximum atomic E-state index is 12.6. The first-order valence-corrected chi connectivity index (χ1v) is 11.3. The first-order valence-electron chi connectivity index (χ1n) is 10.4. The van der Waals surface area contributed by atoms with Crippen LogP contribution in [0.3, 0.4) is 0 Å². The van der Waals surface area contributed by atoms with Crippen molar-refractivity contribution in [2.75, 3.05) is 10.6 Å². The van der Waals surface area contributed by atoms with Crippen LogP contribution in [0.1, 0.15) is 50.2 Å². The number of hydrogen-bond donors (Lipinski definition) is 2. The van der Waals surface area contributed by atoms with Crippen LogP contribution in [-0.2, 0) is 9.59 Å². The van der Waals surface area contributed by atoms with Gasteiger partial charge in [0.15, 0.2) is 0 Å². The second-order valence-electron chi connectivity index (χ2n) is 7.92. The molecule has 3 rings (SSSR count). The Hall–Kier alpha value is -2.27. The smallest absolute Gasteiger partial charge is 0.237 e. The van der Waals surface area contributed by atoms with Gasteiger partial charge in [-0.25, -0.2) is 0 Å². The van der Waals surface area contributed by atoms with Gasteiger partial charge in [-0.3, -0.25) is 9.59 Å². The Bertz CT molecular complexity index is 858. The van der Waals surface area contributed by atoms with Crippen LogP contribution in [0.15, 0.2) is 47.4 Å². The molecule has 2 aromatic carbocycles. The third-order valence-corrected chi connectivity index (χ3v) is 6.53. The van der Waals surface area contributed by atoms with Gasteiger partial charge in [0, 0.05) is 22.2 Å². The van der Waals surface area contributed by atoms with Gasteiger partial charge >= 0.3 is 0 Å². The topological polar surface area (TPSA) is 58.2 Å². The molecule has 1 saturated carbocycles. The minimum absolute atomic E-state index is 0.0170. The van der Waals surface area contributed by atoms with E-state index >= 15 is 0 Å². The van der Waals surface area contributed by atoms with Crippen LogP contribution in [0.25, 0.3) is 0 Å². The number of benzene rings is 2. The zero-order valence-electron chi connectivity index (χ0n) is 17.5. The van der Waals surface area contributed by atoms with Crippen molar-refractivity contribution in [1.29, 1.82) is 0 Å². The summed E-state index contributed by atoms with van der Waals surface area (Å²) in [5.41, 5.74) is 3.92. The van der Waals surface area contributed by atoms with E-state index in [0.29, 0.717) is 0 Å². The van der Waals surface area contributed by atoms with Gasteiger partial charge < -0.3 is 10.6 Å². The number of thioether (sulfide) groups is 1. The predicted octanol–water partition coefficient (Wildman–Crippen LogP) is 5.94. The van der Waals surface area contributed by atoms with E-state index in [4.69, 9.17) is 0 Å². The highest BCUT2D eigenvalue weighted by Gasteiger charge is 2.21. The molecule has 0 radical (unpaired) electrons. The quantitative estimate of drug-likeness (QED) is 0.579. The molecule has 4 nitrogen and oxygen atoms in total. The molecule has 29 heavy (non-hydrogen) atoms. The number of anilines is 2. The lowest BCUT2D eigenvalue weighted by Gasteiger charge is -2.20. The number of hydrogen-bond acceptors (Lipinski definition) is 3. The van der Waals surface area contributed by atoms with Crippen LogP contribution in [0.2, 0.25) is 0 Å². The van der Waals surface area contributed by atoms with E-state index in [9.17, 15) is 9.59 Å². The molecule has 0 saturated heterocycles. The minimum atomic E-state index is -0.224. The molecule has 1 aliphatic carbocycles. The van der Waals surface area contributed by atoms with Crippen molar-refractivity contribution in [3.8, 4) is 0 Å². The number of carbonyl (C=O) groups is 2. The second kappa shape index (κ2) is 9.97. The summed E-state index contributed by atoms with van der Waals surface area (Å²) < 4.78 is 0. The zero-order chi connectivity index (χ0) is 20.8. The summed E-state index contributed by atoms with van der Waals surface area (Å²) in [6.45, 7) is 5.95. The predicted molar refractivity (Wildman–Crippen MR) is 122 cm³/mol. The van der Waals surface area contributed by atoms with Gasteiger partial charge in [0.1, 0.15) is 0 Å². The van der Waals surface area contributed by atoms with Crippen molar-refractivity contribution in [2.24, 2.45) is 5.92 Å². The highest BCUT2D eigenvalue weighted by atomic mass is 32.2. The Labute approximate surface area is 177 Å². The van der Waals surface area contributed by atoms with Crippen molar-refractivity contribution >= 4 is 35.0 Å². The first-order chi connectivity index (χ1) is 13.9. The summed E-state index contributed by atoms with van der Waals surface area (Å²) in [7, 11) is 0. The molecule has 1 aliphatic rings. The van der Waals surface area contributed by atoms with Crippen LogP contribution >= 0.6 is 11.8 Å². The van der Waals surface area contributed by atoms with Crippen molar-refractivity contribution in [3.63, 3.8) is 0 Å². The average molecular weight is 411 g/mol. The number of carbonyl (C=O) groups excluding carboxylic acids is 2. The van der Waals surface area contributed by atoms with E-state index in [-0.39, 0.29) is 23.0 Å². The molecule has 2 amide bonds. The molecular formula is C24H30N2O2S. The fourth-order valence-corrected chi connectivity index (χ4v) is 4.54. The van der Waals surface area contributed by atoms with Gasteiger partial charge in [0.2, 0.25) is 11.8 Å². The minimum Gasteiger partial charge on any atom is -0.326 e. The fourth-order valence-electron chi connectivity index (χ4n) is 3.67.